The Morgan fingerprint density at radius 1 is 0.702 bits per heavy atom. The van der Waals surface area contributed by atoms with Crippen molar-refractivity contribution >= 4 is 44.7 Å². The number of non-ortho nitro benzene ring substituents is 1. The monoisotopic (exact) mass is 676 g/mol. The first-order valence-corrected chi connectivity index (χ1v) is 19.8. The summed E-state index contributed by atoms with van der Waals surface area (Å²) >= 11 is 8.15. The molecule has 0 aliphatic carbocycles. The number of aliphatic hydroxyl groups is 2. The third kappa shape index (κ3) is 9.05. The van der Waals surface area contributed by atoms with E-state index in [1.807, 2.05) is 18.2 Å². The fourth-order valence-electron chi connectivity index (χ4n) is 6.33. The van der Waals surface area contributed by atoms with E-state index in [1.54, 1.807) is 0 Å². The van der Waals surface area contributed by atoms with Gasteiger partial charge in [0.15, 0.2) is 0 Å². The van der Waals surface area contributed by atoms with E-state index in [0.717, 1.165) is 57.5 Å². The summed E-state index contributed by atoms with van der Waals surface area (Å²) in [7, 11) is 0. The fourth-order valence-corrected chi connectivity index (χ4v) is 12.6. The zero-order valence-electron chi connectivity index (χ0n) is 26.8. The number of benzene rings is 4. The number of carbonyl (C=O) groups is 1. The smallest absolute Gasteiger partial charge is 0.394 e. The van der Waals surface area contributed by atoms with Crippen LogP contribution in [0.5, 0.6) is 0 Å². The van der Waals surface area contributed by atoms with Gasteiger partial charge in [0.05, 0.1) is 17.6 Å². The van der Waals surface area contributed by atoms with Gasteiger partial charge in [-0.2, -0.15) is 0 Å². The van der Waals surface area contributed by atoms with Crippen LogP contribution in [0.25, 0.3) is 0 Å². The molecule has 250 valence electrons. The number of aliphatic hydroxyl groups excluding tert-OH is 2. The number of unbranched alkanes of at least 4 members (excludes halogenated alkanes) is 7. The number of nitrogens with zero attached hydrogens (tertiary/aromatic N) is 1. The quantitative estimate of drug-likeness (QED) is 0.0418. The van der Waals surface area contributed by atoms with Gasteiger partial charge in [0.1, 0.15) is 6.10 Å². The summed E-state index contributed by atoms with van der Waals surface area (Å²) in [5.41, 5.74) is 0.302. The number of amides is 1. The molecule has 47 heavy (non-hydrogen) atoms. The SMILES string of the molecule is O=C(CCCCCCCCCCP(Cl)(c1ccccc1)(c1ccccc1)c1ccccc1)N[C@H](CO)[C@H](O)c1ccc([N+](=O)[O-])cc1. The number of rotatable bonds is 19. The Morgan fingerprint density at radius 3 is 1.55 bits per heavy atom. The van der Waals surface area contributed by atoms with Gasteiger partial charge in [-0.05, 0) is 17.7 Å². The summed E-state index contributed by atoms with van der Waals surface area (Å²) in [6.45, 7) is -0.445. The summed E-state index contributed by atoms with van der Waals surface area (Å²) in [5, 5.41) is 37.5. The summed E-state index contributed by atoms with van der Waals surface area (Å²) in [5.74, 6) is -3.44. The van der Waals surface area contributed by atoms with Crippen LogP contribution in [0.1, 0.15) is 69.5 Å². The molecule has 0 aliphatic heterocycles. The van der Waals surface area contributed by atoms with Gasteiger partial charge in [-0.1, -0.05) is 0 Å². The van der Waals surface area contributed by atoms with Gasteiger partial charge in [-0.15, -0.1) is 0 Å². The van der Waals surface area contributed by atoms with Crippen molar-refractivity contribution in [3.05, 3.63) is 131 Å². The zero-order valence-corrected chi connectivity index (χ0v) is 28.4. The van der Waals surface area contributed by atoms with E-state index in [2.05, 4.69) is 78.1 Å². The van der Waals surface area contributed by atoms with Gasteiger partial charge in [0, 0.05) is 12.1 Å². The minimum atomic E-state index is -3.21. The average molecular weight is 677 g/mol. The van der Waals surface area contributed by atoms with E-state index < -0.39 is 29.6 Å². The van der Waals surface area contributed by atoms with Crippen molar-refractivity contribution in [3.63, 3.8) is 0 Å². The van der Waals surface area contributed by atoms with Crippen molar-refractivity contribution < 1.29 is 19.9 Å². The number of halogens is 1. The molecule has 4 aromatic carbocycles. The van der Waals surface area contributed by atoms with Crippen LogP contribution >= 0.6 is 17.2 Å². The first kappa shape index (κ1) is 36.2. The predicted molar refractivity (Wildman–Crippen MR) is 194 cm³/mol. The van der Waals surface area contributed by atoms with Crippen LogP contribution in [0.4, 0.5) is 5.69 Å². The van der Waals surface area contributed by atoms with Crippen molar-refractivity contribution in [2.75, 3.05) is 12.8 Å². The van der Waals surface area contributed by atoms with Crippen LogP contribution in [-0.4, -0.2) is 39.9 Å². The van der Waals surface area contributed by atoms with Crippen LogP contribution in [0.15, 0.2) is 115 Å². The zero-order chi connectivity index (χ0) is 33.6. The molecule has 0 aliphatic rings. The van der Waals surface area contributed by atoms with E-state index in [9.17, 15) is 25.1 Å². The molecule has 0 spiro atoms. The maximum absolute atomic E-state index is 12.5. The number of nitro groups is 1. The predicted octanol–water partition coefficient (Wildman–Crippen LogP) is 7.30. The van der Waals surface area contributed by atoms with Crippen molar-refractivity contribution in [1.82, 2.24) is 5.32 Å². The van der Waals surface area contributed by atoms with Crippen molar-refractivity contribution in [3.8, 4) is 0 Å². The molecule has 4 rings (SSSR count). The molecule has 1 amide bonds. The Balaban J connectivity index is 1.21. The van der Waals surface area contributed by atoms with Gasteiger partial charge >= 0.3 is 204 Å². The second kappa shape index (κ2) is 17.5. The van der Waals surface area contributed by atoms with Crippen LogP contribution in [-0.2, 0) is 4.79 Å². The first-order chi connectivity index (χ1) is 22.8. The van der Waals surface area contributed by atoms with E-state index in [-0.39, 0.29) is 11.6 Å². The van der Waals surface area contributed by atoms with Crippen molar-refractivity contribution in [2.45, 2.75) is 69.9 Å². The normalized spacial score (nSPS) is 13.6. The van der Waals surface area contributed by atoms with Gasteiger partial charge in [-0.3, -0.25) is 10.1 Å². The average Bonchev–Trinajstić information content (AvgIpc) is 3.12. The molecular formula is C38H46ClN2O5P. The summed E-state index contributed by atoms with van der Waals surface area (Å²) in [6.07, 6.45) is 8.20. The summed E-state index contributed by atoms with van der Waals surface area (Å²) < 4.78 is 0. The number of hydrogen-bond donors (Lipinski definition) is 3. The molecule has 3 N–H and O–H groups in total. The Bertz CT molecular complexity index is 1440. The van der Waals surface area contributed by atoms with Crippen LogP contribution in [0.3, 0.4) is 0 Å². The molecule has 2 atom stereocenters. The second-order valence-electron chi connectivity index (χ2n) is 12.1. The topological polar surface area (TPSA) is 113 Å². The summed E-state index contributed by atoms with van der Waals surface area (Å²) in [6, 6.07) is 36.4. The number of nitro benzene ring substituents is 1. The molecule has 0 bridgehead atoms. The van der Waals surface area contributed by atoms with E-state index in [1.165, 1.54) is 40.2 Å². The molecule has 0 unspecified atom stereocenters. The van der Waals surface area contributed by atoms with Crippen molar-refractivity contribution in [1.29, 1.82) is 0 Å². The number of nitrogens with one attached hydrogen (secondary N) is 1. The third-order valence-corrected chi connectivity index (χ3v) is 16.5. The first-order valence-electron chi connectivity index (χ1n) is 16.5. The molecular weight excluding hydrogens is 631 g/mol. The van der Waals surface area contributed by atoms with E-state index in [0.29, 0.717) is 12.0 Å². The van der Waals surface area contributed by atoms with Crippen LogP contribution in [0, 0.1) is 10.1 Å². The molecule has 0 saturated carbocycles. The third-order valence-electron chi connectivity index (χ3n) is 8.99. The molecule has 9 heteroatoms. The Kier molecular flexibility index (Phi) is 13.5. The van der Waals surface area contributed by atoms with Gasteiger partial charge in [0.2, 0.25) is 0 Å². The maximum atomic E-state index is 12.5. The molecule has 0 saturated heterocycles. The standard InChI is InChI=1S/C38H46ClN2O5P/c39-47(33-18-10-7-11-19-33,34-20-12-8-13-21-34,35-22-14-9-15-23-35)29-17-6-4-2-1-3-5-16-24-37(43)40-36(30-42)38(44)31-25-27-32(28-26-31)41(45)46/h7-15,18-23,25-28,36,38,42,44H,1-6,16-17,24,29-30H2,(H,40,43)/t36-,38-/m1/s1. The van der Waals surface area contributed by atoms with Gasteiger partial charge in [0.25, 0.3) is 5.69 Å². The number of carbonyl (C=O) groups excluding carboxylic acids is 1. The Labute approximate surface area is 282 Å². The van der Waals surface area contributed by atoms with E-state index in [4.69, 9.17) is 11.2 Å². The molecule has 0 heterocycles. The molecule has 0 radical (unpaired) electrons. The second-order valence-corrected chi connectivity index (χ2v) is 18.7. The van der Waals surface area contributed by atoms with Gasteiger partial charge in [-0.25, -0.2) is 0 Å². The molecule has 7 nitrogen and oxygen atoms in total. The van der Waals surface area contributed by atoms with Gasteiger partial charge < -0.3 is 10.2 Å². The number of hydrogen-bond acceptors (Lipinski definition) is 5. The van der Waals surface area contributed by atoms with Crippen molar-refractivity contribution in [2.24, 2.45) is 0 Å². The summed E-state index contributed by atoms with van der Waals surface area (Å²) in [4.78, 5) is 22.8. The Morgan fingerprint density at radius 2 is 1.13 bits per heavy atom. The van der Waals surface area contributed by atoms with Crippen LogP contribution < -0.4 is 21.2 Å². The fraction of sp³-hybridized carbons (Fsp3) is 0.342. The minimum absolute atomic E-state index is 0.0908. The molecule has 0 aromatic heterocycles. The van der Waals surface area contributed by atoms with E-state index >= 15 is 0 Å². The molecule has 4 aromatic rings. The minimum Gasteiger partial charge on any atom is -0.394 e. The Hall–Kier alpha value is -3.61. The van der Waals surface area contributed by atoms with Crippen LogP contribution in [0.2, 0.25) is 0 Å². The molecule has 0 fully saturated rings.